The van der Waals surface area contributed by atoms with Crippen LogP contribution in [0.4, 0.5) is 0 Å². The Morgan fingerprint density at radius 2 is 2.07 bits per heavy atom. The predicted molar refractivity (Wildman–Crippen MR) is 59.1 cm³/mol. The minimum Gasteiger partial charge on any atom is -0.350 e. The summed E-state index contributed by atoms with van der Waals surface area (Å²) in [5.74, 6) is 0.0883. The predicted octanol–water partition coefficient (Wildman–Crippen LogP) is 2.79. The second kappa shape index (κ2) is 6.63. The number of carbonyl (C=O) groups excluding carboxylic acids is 1. The summed E-state index contributed by atoms with van der Waals surface area (Å²) in [7, 11) is 0. The highest BCUT2D eigenvalue weighted by Crippen LogP contribution is 2.17. The third-order valence-electron chi connectivity index (χ3n) is 2.68. The minimum atomic E-state index is 0.0883. The summed E-state index contributed by atoms with van der Waals surface area (Å²) in [5, 5.41) is 3.05. The maximum Gasteiger partial charge on any atom is 0.243 e. The van der Waals surface area contributed by atoms with E-state index in [4.69, 9.17) is 0 Å². The first-order valence-corrected chi connectivity index (χ1v) is 5.80. The number of amides is 1. The summed E-state index contributed by atoms with van der Waals surface area (Å²) in [5.41, 5.74) is 0. The lowest BCUT2D eigenvalue weighted by molar-refractivity contribution is -0.117. The fraction of sp³-hybridized carbons (Fsp3) is 0.750. The van der Waals surface area contributed by atoms with Gasteiger partial charge in [0.25, 0.3) is 0 Å². The van der Waals surface area contributed by atoms with Crippen LogP contribution in [-0.2, 0) is 4.79 Å². The van der Waals surface area contributed by atoms with Gasteiger partial charge in [-0.2, -0.15) is 0 Å². The van der Waals surface area contributed by atoms with Gasteiger partial charge in [0.15, 0.2) is 0 Å². The average Bonchev–Trinajstić information content (AvgIpc) is 2.20. The average molecular weight is 195 g/mol. The van der Waals surface area contributed by atoms with E-state index >= 15 is 0 Å². The van der Waals surface area contributed by atoms with Crippen molar-refractivity contribution in [2.75, 3.05) is 0 Å². The van der Waals surface area contributed by atoms with Gasteiger partial charge in [0.1, 0.15) is 0 Å². The zero-order valence-corrected chi connectivity index (χ0v) is 9.09. The molecule has 0 aromatic rings. The highest BCUT2D eigenvalue weighted by atomic mass is 16.1. The molecule has 0 radical (unpaired) electrons. The molecule has 1 aliphatic carbocycles. The van der Waals surface area contributed by atoms with E-state index in [0.29, 0.717) is 6.04 Å². The Labute approximate surface area is 86.8 Å². The molecular weight excluding hydrogens is 174 g/mol. The Balaban J connectivity index is 2.18. The molecule has 1 saturated carbocycles. The van der Waals surface area contributed by atoms with E-state index in [1.54, 1.807) is 6.08 Å². The van der Waals surface area contributed by atoms with Crippen LogP contribution in [0.1, 0.15) is 51.9 Å². The van der Waals surface area contributed by atoms with Crippen LogP contribution in [0.15, 0.2) is 12.2 Å². The van der Waals surface area contributed by atoms with Gasteiger partial charge >= 0.3 is 0 Å². The Hall–Kier alpha value is -0.790. The van der Waals surface area contributed by atoms with E-state index < -0.39 is 0 Å². The van der Waals surface area contributed by atoms with Crippen molar-refractivity contribution in [1.82, 2.24) is 5.32 Å². The summed E-state index contributed by atoms with van der Waals surface area (Å²) in [6.07, 6.45) is 11.9. The van der Waals surface area contributed by atoms with Crippen LogP contribution in [0.5, 0.6) is 0 Å². The lowest BCUT2D eigenvalue weighted by Crippen LogP contribution is -2.34. The van der Waals surface area contributed by atoms with Crippen LogP contribution in [0.2, 0.25) is 0 Å². The molecule has 0 unspecified atom stereocenters. The van der Waals surface area contributed by atoms with Gasteiger partial charge in [0.05, 0.1) is 0 Å². The molecule has 0 aromatic carbocycles. The van der Waals surface area contributed by atoms with Crippen LogP contribution in [0.25, 0.3) is 0 Å². The molecule has 0 atom stereocenters. The van der Waals surface area contributed by atoms with Crippen molar-refractivity contribution >= 4 is 5.91 Å². The summed E-state index contributed by atoms with van der Waals surface area (Å²) in [6, 6.07) is 0.433. The topological polar surface area (TPSA) is 29.1 Å². The SMILES string of the molecule is CCC/C=C/C(=O)NC1CCCCC1. The molecule has 2 nitrogen and oxygen atoms in total. The van der Waals surface area contributed by atoms with Gasteiger partial charge in [-0.1, -0.05) is 38.7 Å². The molecule has 0 saturated heterocycles. The van der Waals surface area contributed by atoms with E-state index in [1.807, 2.05) is 6.08 Å². The fourth-order valence-corrected chi connectivity index (χ4v) is 1.85. The van der Waals surface area contributed by atoms with Crippen molar-refractivity contribution in [3.63, 3.8) is 0 Å². The third-order valence-corrected chi connectivity index (χ3v) is 2.68. The Morgan fingerprint density at radius 1 is 1.36 bits per heavy atom. The maximum atomic E-state index is 11.4. The molecule has 0 spiro atoms. The van der Waals surface area contributed by atoms with E-state index in [1.165, 1.54) is 19.3 Å². The number of allylic oxidation sites excluding steroid dienone is 1. The van der Waals surface area contributed by atoms with E-state index in [-0.39, 0.29) is 5.91 Å². The summed E-state index contributed by atoms with van der Waals surface area (Å²) in [4.78, 5) is 11.4. The van der Waals surface area contributed by atoms with Crippen molar-refractivity contribution in [2.45, 2.75) is 57.9 Å². The second-order valence-electron chi connectivity index (χ2n) is 4.03. The van der Waals surface area contributed by atoms with Gasteiger partial charge in [-0.15, -0.1) is 0 Å². The summed E-state index contributed by atoms with van der Waals surface area (Å²) >= 11 is 0. The molecule has 1 fully saturated rings. The number of carbonyl (C=O) groups is 1. The second-order valence-corrected chi connectivity index (χ2v) is 4.03. The monoisotopic (exact) mass is 195 g/mol. The highest BCUT2D eigenvalue weighted by Gasteiger charge is 2.13. The molecule has 14 heavy (non-hydrogen) atoms. The number of hydrogen-bond acceptors (Lipinski definition) is 1. The van der Waals surface area contributed by atoms with Gasteiger partial charge in [-0.05, 0) is 25.3 Å². The Morgan fingerprint density at radius 3 is 2.71 bits per heavy atom. The lowest BCUT2D eigenvalue weighted by Gasteiger charge is -2.21. The van der Waals surface area contributed by atoms with Gasteiger partial charge in [-0.3, -0.25) is 4.79 Å². The van der Waals surface area contributed by atoms with E-state index in [2.05, 4.69) is 12.2 Å². The number of nitrogens with one attached hydrogen (secondary N) is 1. The van der Waals surface area contributed by atoms with Crippen molar-refractivity contribution in [3.8, 4) is 0 Å². The lowest BCUT2D eigenvalue weighted by atomic mass is 9.95. The maximum absolute atomic E-state index is 11.4. The number of hydrogen-bond donors (Lipinski definition) is 1. The third kappa shape index (κ3) is 4.45. The van der Waals surface area contributed by atoms with Crippen molar-refractivity contribution < 1.29 is 4.79 Å². The first-order valence-electron chi connectivity index (χ1n) is 5.80. The number of unbranched alkanes of at least 4 members (excludes halogenated alkanes) is 1. The Bertz CT molecular complexity index is 192. The molecule has 0 aromatic heterocycles. The highest BCUT2D eigenvalue weighted by molar-refractivity contribution is 5.87. The summed E-state index contributed by atoms with van der Waals surface area (Å²) in [6.45, 7) is 2.11. The molecule has 0 heterocycles. The van der Waals surface area contributed by atoms with Crippen LogP contribution in [0.3, 0.4) is 0 Å². The first-order chi connectivity index (χ1) is 6.83. The summed E-state index contributed by atoms with van der Waals surface area (Å²) < 4.78 is 0. The normalized spacial score (nSPS) is 18.6. The molecule has 1 amide bonds. The van der Waals surface area contributed by atoms with Crippen LogP contribution < -0.4 is 5.32 Å². The van der Waals surface area contributed by atoms with Gasteiger partial charge in [-0.25, -0.2) is 0 Å². The molecule has 80 valence electrons. The van der Waals surface area contributed by atoms with Crippen LogP contribution in [-0.4, -0.2) is 11.9 Å². The van der Waals surface area contributed by atoms with Crippen molar-refractivity contribution in [3.05, 3.63) is 12.2 Å². The smallest absolute Gasteiger partial charge is 0.243 e. The standard InChI is InChI=1S/C12H21NO/c1-2-3-5-10-12(14)13-11-8-6-4-7-9-11/h5,10-11H,2-4,6-9H2,1H3,(H,13,14)/b10-5+. The van der Waals surface area contributed by atoms with E-state index in [9.17, 15) is 4.79 Å². The number of rotatable bonds is 4. The largest absolute Gasteiger partial charge is 0.350 e. The van der Waals surface area contributed by atoms with Crippen molar-refractivity contribution in [1.29, 1.82) is 0 Å². The molecule has 0 aliphatic heterocycles. The zero-order valence-electron chi connectivity index (χ0n) is 9.09. The molecule has 1 aliphatic rings. The minimum absolute atomic E-state index is 0.0883. The zero-order chi connectivity index (χ0) is 10.2. The van der Waals surface area contributed by atoms with Crippen LogP contribution in [0, 0.1) is 0 Å². The Kier molecular flexibility index (Phi) is 5.35. The molecule has 1 N–H and O–H groups in total. The van der Waals surface area contributed by atoms with Gasteiger partial charge in [0.2, 0.25) is 5.91 Å². The molecular formula is C12H21NO. The molecule has 0 bridgehead atoms. The quantitative estimate of drug-likeness (QED) is 0.687. The van der Waals surface area contributed by atoms with Crippen molar-refractivity contribution in [2.24, 2.45) is 0 Å². The van der Waals surface area contributed by atoms with E-state index in [0.717, 1.165) is 25.7 Å². The van der Waals surface area contributed by atoms with Gasteiger partial charge < -0.3 is 5.32 Å². The fourth-order valence-electron chi connectivity index (χ4n) is 1.85. The molecule has 1 rings (SSSR count). The van der Waals surface area contributed by atoms with Crippen LogP contribution >= 0.6 is 0 Å². The first kappa shape index (κ1) is 11.3. The molecule has 2 heteroatoms. The van der Waals surface area contributed by atoms with Gasteiger partial charge in [0, 0.05) is 6.04 Å².